The Kier molecular flexibility index (Phi) is 4.12. The molecule has 1 amide bonds. The summed E-state index contributed by atoms with van der Waals surface area (Å²) in [6, 6.07) is 1.50. The minimum Gasteiger partial charge on any atom is -0.487 e. The van der Waals surface area contributed by atoms with Crippen LogP contribution >= 0.6 is 0 Å². The number of carbonyl (C=O) groups excluding carboxylic acids is 1. The molecular formula is C22H22FN5O3. The van der Waals surface area contributed by atoms with E-state index in [4.69, 9.17) is 14.5 Å². The Bertz CT molecular complexity index is 1200. The van der Waals surface area contributed by atoms with Crippen LogP contribution in [-0.4, -0.2) is 44.2 Å². The number of pyridine rings is 1. The number of hydrogen-bond donors (Lipinski definition) is 1. The van der Waals surface area contributed by atoms with Gasteiger partial charge in [-0.1, -0.05) is 0 Å². The Balaban J connectivity index is 1.56. The topological polar surface area (TPSA) is 90.6 Å². The van der Waals surface area contributed by atoms with E-state index in [0.717, 1.165) is 25.0 Å². The molecule has 160 valence electrons. The molecule has 5 heterocycles. The Morgan fingerprint density at radius 2 is 2.16 bits per heavy atom. The monoisotopic (exact) mass is 423 g/mol. The van der Waals surface area contributed by atoms with Crippen molar-refractivity contribution in [3.8, 4) is 11.6 Å². The Morgan fingerprint density at radius 1 is 1.26 bits per heavy atom. The molecule has 9 heteroatoms. The van der Waals surface area contributed by atoms with Gasteiger partial charge in [0.05, 0.1) is 30.8 Å². The summed E-state index contributed by atoms with van der Waals surface area (Å²) >= 11 is 0. The molecule has 1 aliphatic carbocycles. The number of rotatable bonds is 0. The lowest BCUT2D eigenvalue weighted by molar-refractivity contribution is 0.0932. The van der Waals surface area contributed by atoms with Crippen LogP contribution in [0.1, 0.15) is 53.7 Å². The third-order valence-corrected chi connectivity index (χ3v) is 6.58. The van der Waals surface area contributed by atoms with Gasteiger partial charge in [-0.3, -0.25) is 4.79 Å². The molecule has 8 nitrogen and oxygen atoms in total. The lowest BCUT2D eigenvalue weighted by Gasteiger charge is -2.35. The summed E-state index contributed by atoms with van der Waals surface area (Å²) in [5.41, 5.74) is 2.39. The van der Waals surface area contributed by atoms with Gasteiger partial charge in [0.2, 0.25) is 5.88 Å². The minimum atomic E-state index is -0.399. The molecule has 1 saturated carbocycles. The maximum absolute atomic E-state index is 14.2. The van der Waals surface area contributed by atoms with Gasteiger partial charge >= 0.3 is 0 Å². The van der Waals surface area contributed by atoms with E-state index < -0.39 is 5.82 Å². The highest BCUT2D eigenvalue weighted by Gasteiger charge is 2.43. The van der Waals surface area contributed by atoms with Crippen LogP contribution in [0.15, 0.2) is 24.7 Å². The molecule has 6 rings (SSSR count). The number of halogens is 1. The number of fused-ring (bicyclic) bond motifs is 3. The number of carbonyl (C=O) groups is 1. The van der Waals surface area contributed by atoms with E-state index in [0.29, 0.717) is 34.8 Å². The van der Waals surface area contributed by atoms with Crippen molar-refractivity contribution in [3.63, 3.8) is 0 Å². The third-order valence-electron chi connectivity index (χ3n) is 6.58. The van der Waals surface area contributed by atoms with Crippen LogP contribution < -0.4 is 14.8 Å². The summed E-state index contributed by atoms with van der Waals surface area (Å²) in [5.74, 6) is 0.677. The maximum atomic E-state index is 14.2. The number of amides is 1. The number of ether oxygens (including phenoxy) is 2. The molecule has 31 heavy (non-hydrogen) atoms. The van der Waals surface area contributed by atoms with Crippen LogP contribution in [0.2, 0.25) is 0 Å². The fourth-order valence-corrected chi connectivity index (χ4v) is 5.12. The van der Waals surface area contributed by atoms with Gasteiger partial charge in [0.25, 0.3) is 5.91 Å². The summed E-state index contributed by atoms with van der Waals surface area (Å²) < 4.78 is 28.0. The lowest BCUT2D eigenvalue weighted by Crippen LogP contribution is -2.34. The first-order chi connectivity index (χ1) is 15.1. The summed E-state index contributed by atoms with van der Waals surface area (Å²) in [7, 11) is 0. The first kappa shape index (κ1) is 18.5. The number of aromatic nitrogens is 4. The van der Waals surface area contributed by atoms with Crippen molar-refractivity contribution in [2.45, 2.75) is 50.7 Å². The van der Waals surface area contributed by atoms with Gasteiger partial charge in [-0.15, -0.1) is 0 Å². The quantitative estimate of drug-likeness (QED) is 0.598. The van der Waals surface area contributed by atoms with E-state index in [2.05, 4.69) is 15.4 Å². The van der Waals surface area contributed by atoms with Crippen LogP contribution in [0.3, 0.4) is 0 Å². The molecule has 0 radical (unpaired) electrons. The molecule has 0 spiro atoms. The second-order valence-corrected chi connectivity index (χ2v) is 8.63. The van der Waals surface area contributed by atoms with Crippen LogP contribution in [0.5, 0.6) is 11.6 Å². The van der Waals surface area contributed by atoms with Gasteiger partial charge < -0.3 is 14.8 Å². The zero-order valence-electron chi connectivity index (χ0n) is 17.0. The van der Waals surface area contributed by atoms with Crippen molar-refractivity contribution in [1.82, 2.24) is 24.9 Å². The fraction of sp³-hybridized carbons (Fsp3) is 0.455. The van der Waals surface area contributed by atoms with Crippen LogP contribution in [-0.2, 0) is 6.42 Å². The number of nitrogens with one attached hydrogen (secondary N) is 1. The van der Waals surface area contributed by atoms with Crippen molar-refractivity contribution in [3.05, 3.63) is 47.3 Å². The highest BCUT2D eigenvalue weighted by molar-refractivity contribution is 5.99. The van der Waals surface area contributed by atoms with E-state index in [9.17, 15) is 9.18 Å². The van der Waals surface area contributed by atoms with Crippen LogP contribution in [0.25, 0.3) is 5.65 Å². The lowest BCUT2D eigenvalue weighted by atomic mass is 9.80. The van der Waals surface area contributed by atoms with Gasteiger partial charge in [0, 0.05) is 17.4 Å². The van der Waals surface area contributed by atoms with Gasteiger partial charge in [-0.2, -0.15) is 5.10 Å². The van der Waals surface area contributed by atoms with E-state index in [1.54, 1.807) is 10.7 Å². The Morgan fingerprint density at radius 3 is 3.06 bits per heavy atom. The SMILES string of the molecule is CC1CNC(=O)c2cnn3cc4c(nc23)C(Cc2cc(F)cnc2O1)C1CCCC1O4. The van der Waals surface area contributed by atoms with E-state index in [1.165, 1.54) is 18.5 Å². The summed E-state index contributed by atoms with van der Waals surface area (Å²) in [6.07, 6.45) is 7.86. The van der Waals surface area contributed by atoms with Gasteiger partial charge in [-0.25, -0.2) is 18.9 Å². The van der Waals surface area contributed by atoms with Gasteiger partial charge in [0.1, 0.15) is 23.6 Å². The number of hydrogen-bond acceptors (Lipinski definition) is 6. The maximum Gasteiger partial charge on any atom is 0.256 e. The fourth-order valence-electron chi connectivity index (χ4n) is 5.12. The molecule has 0 aromatic carbocycles. The molecule has 0 saturated heterocycles. The van der Waals surface area contributed by atoms with Crippen LogP contribution in [0, 0.1) is 11.7 Å². The zero-order valence-corrected chi connectivity index (χ0v) is 17.0. The molecule has 1 fully saturated rings. The van der Waals surface area contributed by atoms with Gasteiger partial charge in [0.15, 0.2) is 11.4 Å². The highest BCUT2D eigenvalue weighted by Crippen LogP contribution is 2.48. The second-order valence-electron chi connectivity index (χ2n) is 8.63. The summed E-state index contributed by atoms with van der Waals surface area (Å²) in [4.78, 5) is 21.9. The van der Waals surface area contributed by atoms with Crippen molar-refractivity contribution in [2.75, 3.05) is 6.54 Å². The predicted octanol–water partition coefficient (Wildman–Crippen LogP) is 2.66. The molecule has 2 aliphatic heterocycles. The standard InChI is InChI=1S/C22H22FN5O3/c1-11-7-24-21(29)16-9-26-28-10-18-19(27-20(16)28)15(14-3-2-4-17(14)31-18)6-12-5-13(23)8-25-22(12)30-11/h5,8-11,14-15,17H,2-4,6-7H2,1H3,(H,24,29). The van der Waals surface area contributed by atoms with Crippen molar-refractivity contribution in [2.24, 2.45) is 5.92 Å². The smallest absolute Gasteiger partial charge is 0.256 e. The van der Waals surface area contributed by atoms with E-state index in [-0.39, 0.29) is 36.5 Å². The highest BCUT2D eigenvalue weighted by atomic mass is 19.1. The zero-order chi connectivity index (χ0) is 21.1. The average molecular weight is 423 g/mol. The average Bonchev–Trinajstić information content (AvgIpc) is 3.38. The Labute approximate surface area is 177 Å². The van der Waals surface area contributed by atoms with E-state index in [1.807, 2.05) is 6.92 Å². The normalized spacial score (nSPS) is 27.2. The first-order valence-corrected chi connectivity index (χ1v) is 10.7. The van der Waals surface area contributed by atoms with Crippen LogP contribution in [0.4, 0.5) is 4.39 Å². The molecule has 3 aromatic heterocycles. The molecule has 4 atom stereocenters. The molecule has 4 unspecified atom stereocenters. The second kappa shape index (κ2) is 6.90. The first-order valence-electron chi connectivity index (χ1n) is 10.7. The van der Waals surface area contributed by atoms with Crippen molar-refractivity contribution >= 4 is 11.6 Å². The molecular weight excluding hydrogens is 401 g/mol. The number of nitrogens with zero attached hydrogens (tertiary/aromatic N) is 4. The predicted molar refractivity (Wildman–Crippen MR) is 108 cm³/mol. The van der Waals surface area contributed by atoms with Crippen molar-refractivity contribution in [1.29, 1.82) is 0 Å². The molecule has 2 bridgehead atoms. The molecule has 3 aliphatic rings. The van der Waals surface area contributed by atoms with Crippen molar-refractivity contribution < 1.29 is 18.7 Å². The third kappa shape index (κ3) is 3.02. The summed E-state index contributed by atoms with van der Waals surface area (Å²) in [5, 5.41) is 7.18. The minimum absolute atomic E-state index is 0.00840. The molecule has 3 aromatic rings. The largest absolute Gasteiger partial charge is 0.487 e. The van der Waals surface area contributed by atoms with E-state index >= 15 is 0 Å². The molecule has 1 N–H and O–H groups in total. The summed E-state index contributed by atoms with van der Waals surface area (Å²) in [6.45, 7) is 2.12. The Hall–Kier alpha value is -3.23. The van der Waals surface area contributed by atoms with Gasteiger partial charge in [-0.05, 0) is 38.7 Å².